The zero-order valence-corrected chi connectivity index (χ0v) is 25.3. The average Bonchev–Trinajstić information content (AvgIpc) is 3.33. The van der Waals surface area contributed by atoms with Crippen molar-refractivity contribution in [2.75, 3.05) is 26.5 Å². The number of anilines is 1. The molecule has 1 unspecified atom stereocenters. The molecule has 1 atom stereocenters. The monoisotopic (exact) mass is 596 g/mol. The Labute approximate surface area is 253 Å². The Morgan fingerprint density at radius 1 is 1.07 bits per heavy atom. The van der Waals surface area contributed by atoms with Gasteiger partial charge in [0.25, 0.3) is 11.5 Å². The van der Waals surface area contributed by atoms with E-state index in [1.165, 1.54) is 27.8 Å². The number of likely N-dealkylation sites (N-methyl/N-ethyl adjacent to an activating group) is 1. The fourth-order valence-electron chi connectivity index (χ4n) is 4.91. The van der Waals surface area contributed by atoms with Gasteiger partial charge in [-0.2, -0.15) is 0 Å². The van der Waals surface area contributed by atoms with Crippen LogP contribution >= 0.6 is 0 Å². The highest BCUT2D eigenvalue weighted by molar-refractivity contribution is 5.95. The molecule has 5 rings (SSSR count). The number of carbonyl (C=O) groups excluding carboxylic acids is 2. The molecule has 0 saturated heterocycles. The smallest absolute Gasteiger partial charge is 0.277 e. The summed E-state index contributed by atoms with van der Waals surface area (Å²) >= 11 is 0. The third kappa shape index (κ3) is 5.97. The molecule has 0 bridgehead atoms. The Bertz CT molecular complexity index is 1960. The molecular formula is C32H33FN8O3. The van der Waals surface area contributed by atoms with Crippen molar-refractivity contribution in [3.8, 4) is 17.2 Å². The minimum absolute atomic E-state index is 0.00132. The molecule has 2 N–H and O–H groups in total. The summed E-state index contributed by atoms with van der Waals surface area (Å²) in [6.07, 6.45) is 3.20. The number of aromatic nitrogens is 5. The SMILES string of the molecule is CNC(C)C(=O)Nc1cnc(-c2cccc(C(=O)N(C)C)c2)n(Cc2cc(-n3cc(C)c4cc(F)ccc43)nc(C)n2)c1=O. The van der Waals surface area contributed by atoms with Crippen LogP contribution in [0.25, 0.3) is 28.1 Å². The summed E-state index contributed by atoms with van der Waals surface area (Å²) in [4.78, 5) is 54.5. The highest BCUT2D eigenvalue weighted by Crippen LogP contribution is 2.26. The summed E-state index contributed by atoms with van der Waals surface area (Å²) in [5, 5.41) is 6.27. The lowest BCUT2D eigenvalue weighted by Crippen LogP contribution is -2.38. The molecule has 0 aliphatic heterocycles. The maximum absolute atomic E-state index is 14.0. The van der Waals surface area contributed by atoms with E-state index in [1.54, 1.807) is 71.4 Å². The molecule has 0 fully saturated rings. The number of nitrogens with one attached hydrogen (secondary N) is 2. The van der Waals surface area contributed by atoms with Gasteiger partial charge in [-0.25, -0.2) is 19.3 Å². The number of rotatable bonds is 8. The molecule has 0 spiro atoms. The molecule has 3 heterocycles. The van der Waals surface area contributed by atoms with Crippen LogP contribution in [0.2, 0.25) is 0 Å². The first-order valence-corrected chi connectivity index (χ1v) is 14.0. The van der Waals surface area contributed by atoms with Gasteiger partial charge < -0.3 is 20.1 Å². The molecule has 226 valence electrons. The van der Waals surface area contributed by atoms with Crippen LogP contribution in [0.15, 0.2) is 65.7 Å². The third-order valence-electron chi connectivity index (χ3n) is 7.32. The van der Waals surface area contributed by atoms with E-state index in [0.29, 0.717) is 34.3 Å². The maximum atomic E-state index is 14.0. The molecule has 12 heteroatoms. The summed E-state index contributed by atoms with van der Waals surface area (Å²) in [5.74, 6) is 0.383. The summed E-state index contributed by atoms with van der Waals surface area (Å²) in [7, 11) is 4.97. The molecule has 5 aromatic rings. The van der Waals surface area contributed by atoms with Crippen LogP contribution < -0.4 is 16.2 Å². The van der Waals surface area contributed by atoms with Crippen LogP contribution in [-0.4, -0.2) is 68.0 Å². The van der Waals surface area contributed by atoms with Crippen molar-refractivity contribution in [3.05, 3.63) is 99.7 Å². The number of nitrogens with zero attached hydrogens (tertiary/aromatic N) is 6. The molecule has 0 saturated carbocycles. The van der Waals surface area contributed by atoms with Gasteiger partial charge >= 0.3 is 0 Å². The largest absolute Gasteiger partial charge is 0.345 e. The molecule has 2 aromatic carbocycles. The van der Waals surface area contributed by atoms with Gasteiger partial charge in [-0.05, 0) is 63.7 Å². The molecule has 11 nitrogen and oxygen atoms in total. The minimum Gasteiger partial charge on any atom is -0.345 e. The molecule has 3 aromatic heterocycles. The molecule has 0 aliphatic rings. The Kier molecular flexibility index (Phi) is 8.36. The highest BCUT2D eigenvalue weighted by Gasteiger charge is 2.19. The predicted octanol–water partition coefficient (Wildman–Crippen LogP) is 3.70. The Hall–Kier alpha value is -5.23. The van der Waals surface area contributed by atoms with E-state index in [2.05, 4.69) is 25.6 Å². The van der Waals surface area contributed by atoms with Crippen molar-refractivity contribution in [2.45, 2.75) is 33.4 Å². The van der Waals surface area contributed by atoms with Crippen molar-refractivity contribution in [1.29, 1.82) is 0 Å². The van der Waals surface area contributed by atoms with Crippen LogP contribution in [0.5, 0.6) is 0 Å². The number of amides is 2. The Morgan fingerprint density at radius 3 is 2.57 bits per heavy atom. The Morgan fingerprint density at radius 2 is 1.84 bits per heavy atom. The van der Waals surface area contributed by atoms with Gasteiger partial charge in [-0.1, -0.05) is 12.1 Å². The maximum Gasteiger partial charge on any atom is 0.277 e. The zero-order valence-electron chi connectivity index (χ0n) is 25.3. The number of halogens is 1. The number of benzene rings is 2. The van der Waals surface area contributed by atoms with Crippen LogP contribution in [0, 0.1) is 19.7 Å². The van der Waals surface area contributed by atoms with Crippen LogP contribution in [0.3, 0.4) is 0 Å². The second kappa shape index (κ2) is 12.2. The van der Waals surface area contributed by atoms with Crippen molar-refractivity contribution in [2.24, 2.45) is 0 Å². The second-order valence-corrected chi connectivity index (χ2v) is 10.8. The van der Waals surface area contributed by atoms with E-state index in [9.17, 15) is 18.8 Å². The molecule has 44 heavy (non-hydrogen) atoms. The fourth-order valence-corrected chi connectivity index (χ4v) is 4.91. The third-order valence-corrected chi connectivity index (χ3v) is 7.32. The van der Waals surface area contributed by atoms with E-state index in [4.69, 9.17) is 0 Å². The summed E-state index contributed by atoms with van der Waals surface area (Å²) in [5.41, 5.74) is 2.64. The topological polar surface area (TPSA) is 127 Å². The van der Waals surface area contributed by atoms with Gasteiger partial charge in [0, 0.05) is 42.9 Å². The lowest BCUT2D eigenvalue weighted by molar-refractivity contribution is -0.117. The molecule has 0 aliphatic carbocycles. The van der Waals surface area contributed by atoms with E-state index in [1.807, 2.05) is 17.7 Å². The predicted molar refractivity (Wildman–Crippen MR) is 167 cm³/mol. The van der Waals surface area contributed by atoms with Gasteiger partial charge in [-0.15, -0.1) is 0 Å². The first-order valence-electron chi connectivity index (χ1n) is 14.0. The van der Waals surface area contributed by atoms with Crippen LogP contribution in [-0.2, 0) is 11.3 Å². The molecule has 0 radical (unpaired) electrons. The van der Waals surface area contributed by atoms with Gasteiger partial charge in [0.1, 0.15) is 29.0 Å². The van der Waals surface area contributed by atoms with E-state index < -0.39 is 17.5 Å². The number of carbonyl (C=O) groups is 2. The number of hydrogen-bond acceptors (Lipinski definition) is 7. The summed E-state index contributed by atoms with van der Waals surface area (Å²) < 4.78 is 17.2. The summed E-state index contributed by atoms with van der Waals surface area (Å²) in [6.45, 7) is 5.31. The van der Waals surface area contributed by atoms with Crippen molar-refractivity contribution in [3.63, 3.8) is 0 Å². The van der Waals surface area contributed by atoms with E-state index in [-0.39, 0.29) is 24.0 Å². The highest BCUT2D eigenvalue weighted by atomic mass is 19.1. The van der Waals surface area contributed by atoms with Crippen LogP contribution in [0.1, 0.15) is 34.4 Å². The summed E-state index contributed by atoms with van der Waals surface area (Å²) in [6, 6.07) is 12.6. The first-order chi connectivity index (χ1) is 21.0. The lowest BCUT2D eigenvalue weighted by Gasteiger charge is -2.17. The zero-order chi connectivity index (χ0) is 31.7. The van der Waals surface area contributed by atoms with Crippen LogP contribution in [0.4, 0.5) is 10.1 Å². The van der Waals surface area contributed by atoms with Gasteiger partial charge in [-0.3, -0.25) is 19.0 Å². The molecular weight excluding hydrogens is 563 g/mol. The van der Waals surface area contributed by atoms with Crippen molar-refractivity contribution in [1.82, 2.24) is 34.3 Å². The lowest BCUT2D eigenvalue weighted by atomic mass is 10.1. The van der Waals surface area contributed by atoms with Crippen molar-refractivity contribution < 1.29 is 14.0 Å². The number of hydrogen-bond donors (Lipinski definition) is 2. The van der Waals surface area contributed by atoms with E-state index >= 15 is 0 Å². The molecule has 2 amide bonds. The minimum atomic E-state index is -0.545. The second-order valence-electron chi connectivity index (χ2n) is 10.8. The normalized spacial score (nSPS) is 11.9. The van der Waals surface area contributed by atoms with Crippen molar-refractivity contribution >= 4 is 28.4 Å². The van der Waals surface area contributed by atoms with Gasteiger partial charge in [0.15, 0.2) is 0 Å². The average molecular weight is 597 g/mol. The van der Waals surface area contributed by atoms with E-state index in [0.717, 1.165) is 16.5 Å². The van der Waals surface area contributed by atoms with Gasteiger partial charge in [0.2, 0.25) is 5.91 Å². The Balaban J connectivity index is 1.64. The number of fused-ring (bicyclic) bond motifs is 1. The fraction of sp³-hybridized carbons (Fsp3) is 0.250. The quantitative estimate of drug-likeness (QED) is 0.280. The van der Waals surface area contributed by atoms with Gasteiger partial charge in [0.05, 0.1) is 30.0 Å². The standard InChI is InChI=1S/C32H33FN8O3/c1-18-16-40(27-11-10-23(33)13-25(18)27)28-14-24(36-20(3)37-28)17-41-29(21-8-7-9-22(12-21)31(43)39(5)6)35-15-26(32(41)44)38-30(42)19(2)34-4/h7-16,19,34H,17H2,1-6H3,(H,38,42). The number of aryl methyl sites for hydroxylation is 2. The first kappa shape index (κ1) is 30.2.